The van der Waals surface area contributed by atoms with Crippen molar-refractivity contribution in [1.82, 2.24) is 0 Å². The molecule has 2 amide bonds. The van der Waals surface area contributed by atoms with Crippen molar-refractivity contribution in [2.24, 2.45) is 0 Å². The zero-order chi connectivity index (χ0) is 20.5. The highest BCUT2D eigenvalue weighted by atomic mass is 16.3. The maximum Gasteiger partial charge on any atom is 0.292 e. The number of carbonyl (C=O) groups excluding carboxylic acids is 3. The van der Waals surface area contributed by atoms with Crippen LogP contribution in [0.3, 0.4) is 0 Å². The number of piperazine rings is 1. The number of nitrogens with zero attached hydrogens (tertiary/aromatic N) is 2. The van der Waals surface area contributed by atoms with Gasteiger partial charge in [-0.2, -0.15) is 0 Å². The summed E-state index contributed by atoms with van der Waals surface area (Å²) >= 11 is 0. The van der Waals surface area contributed by atoms with Crippen molar-refractivity contribution in [3.63, 3.8) is 0 Å². The molecule has 7 heteroatoms. The predicted molar refractivity (Wildman–Crippen MR) is 108 cm³/mol. The first-order valence-corrected chi connectivity index (χ1v) is 9.81. The van der Waals surface area contributed by atoms with Crippen LogP contribution < -0.4 is 14.7 Å². The molecule has 0 spiro atoms. The number of amides is 2. The number of carbonyl (C=O) groups is 3. The van der Waals surface area contributed by atoms with E-state index in [0.29, 0.717) is 24.3 Å². The Labute approximate surface area is 169 Å². The van der Waals surface area contributed by atoms with E-state index in [4.69, 9.17) is 0 Å². The summed E-state index contributed by atoms with van der Waals surface area (Å²) in [6.07, 6.45) is 0.194. The molecule has 0 bridgehead atoms. The van der Waals surface area contributed by atoms with Gasteiger partial charge in [0.1, 0.15) is 5.75 Å². The van der Waals surface area contributed by atoms with Gasteiger partial charge >= 0.3 is 0 Å². The van der Waals surface area contributed by atoms with E-state index in [1.807, 2.05) is 12.1 Å². The molecule has 0 unspecified atom stereocenters. The number of para-hydroxylation sites is 2. The summed E-state index contributed by atoms with van der Waals surface area (Å²) < 4.78 is 0. The van der Waals surface area contributed by atoms with Gasteiger partial charge in [0, 0.05) is 5.56 Å². The first-order chi connectivity index (χ1) is 14.0. The van der Waals surface area contributed by atoms with Gasteiger partial charge in [-0.05, 0) is 43.3 Å². The molecule has 2 aliphatic heterocycles. The van der Waals surface area contributed by atoms with Crippen LogP contribution in [0.2, 0.25) is 0 Å². The minimum atomic E-state index is -0.387. The van der Waals surface area contributed by atoms with E-state index in [2.05, 4.69) is 4.90 Å². The van der Waals surface area contributed by atoms with Crippen LogP contribution >= 0.6 is 0 Å². The van der Waals surface area contributed by atoms with Crippen molar-refractivity contribution >= 4 is 29.0 Å². The molecule has 4 rings (SSSR count). The molecule has 0 aromatic heterocycles. The Balaban J connectivity index is 1.44. The van der Waals surface area contributed by atoms with Gasteiger partial charge in [0.25, 0.3) is 5.91 Å². The second-order valence-electron chi connectivity index (χ2n) is 7.56. The third-order valence-corrected chi connectivity index (χ3v) is 5.80. The lowest BCUT2D eigenvalue weighted by atomic mass is 10.1. The van der Waals surface area contributed by atoms with Gasteiger partial charge in [-0.3, -0.25) is 14.4 Å². The Morgan fingerprint density at radius 1 is 1.03 bits per heavy atom. The molecule has 2 fully saturated rings. The van der Waals surface area contributed by atoms with Crippen LogP contribution in [0.1, 0.15) is 23.7 Å². The largest absolute Gasteiger partial charge is 0.506 e. The van der Waals surface area contributed by atoms with Crippen molar-refractivity contribution < 1.29 is 24.4 Å². The third kappa shape index (κ3) is 3.61. The van der Waals surface area contributed by atoms with Gasteiger partial charge in [-0.15, -0.1) is 0 Å². The highest BCUT2D eigenvalue weighted by Gasteiger charge is 2.46. The Kier molecular flexibility index (Phi) is 5.07. The van der Waals surface area contributed by atoms with Gasteiger partial charge in [-0.25, -0.2) is 4.90 Å². The van der Waals surface area contributed by atoms with E-state index in [1.54, 1.807) is 36.4 Å². The number of hydrogen-bond acceptors (Lipinski definition) is 5. The highest BCUT2D eigenvalue weighted by molar-refractivity contribution is 6.22. The number of ketones is 1. The molecule has 2 heterocycles. The summed E-state index contributed by atoms with van der Waals surface area (Å²) in [5.41, 5.74) is 1.86. The number of aromatic hydroxyl groups is 1. The fourth-order valence-corrected chi connectivity index (χ4v) is 4.18. The first-order valence-electron chi connectivity index (χ1n) is 9.81. The summed E-state index contributed by atoms with van der Waals surface area (Å²) in [6.45, 7) is 4.33. The van der Waals surface area contributed by atoms with E-state index in [-0.39, 0.29) is 35.8 Å². The molecule has 0 aliphatic carbocycles. The predicted octanol–water partition coefficient (Wildman–Crippen LogP) is 0.632. The molecule has 2 N–H and O–H groups in total. The van der Waals surface area contributed by atoms with Crippen LogP contribution in [-0.4, -0.2) is 54.9 Å². The molecule has 2 aromatic rings. The highest BCUT2D eigenvalue weighted by Crippen LogP contribution is 2.26. The third-order valence-electron chi connectivity index (χ3n) is 5.80. The molecule has 2 aromatic carbocycles. The minimum Gasteiger partial charge on any atom is -0.506 e. The lowest BCUT2D eigenvalue weighted by molar-refractivity contribution is -0.915. The standard InChI is InChI=1S/C22H23N3O4/c1-15(26)16-6-8-17(9-7-16)25-21(28)14-19(22(25)29)24-12-10-23(11-13-24)18-4-2-3-5-20(18)27/h2-9,19,27H,10-14H2,1H3/p+1/t19-/m1/s1. The van der Waals surface area contributed by atoms with Crippen LogP contribution in [0, 0.1) is 0 Å². The molecule has 29 heavy (non-hydrogen) atoms. The second kappa shape index (κ2) is 7.67. The quantitative estimate of drug-likeness (QED) is 0.587. The molecule has 1 atom stereocenters. The summed E-state index contributed by atoms with van der Waals surface area (Å²) in [4.78, 5) is 41.5. The van der Waals surface area contributed by atoms with Crippen LogP contribution in [0.25, 0.3) is 0 Å². The van der Waals surface area contributed by atoms with Gasteiger partial charge in [-0.1, -0.05) is 12.1 Å². The number of anilines is 2. The Hall–Kier alpha value is -3.19. The van der Waals surface area contributed by atoms with Gasteiger partial charge < -0.3 is 14.9 Å². The fraction of sp³-hybridized carbons (Fsp3) is 0.318. The smallest absolute Gasteiger partial charge is 0.292 e. The number of nitrogens with one attached hydrogen (secondary N) is 1. The SMILES string of the molecule is CC(=O)c1ccc(N2C(=O)C[C@@H]([NH+]3CCN(c4ccccc4O)CC3)C2=O)cc1. The molecule has 0 radical (unpaired) electrons. The Morgan fingerprint density at radius 3 is 2.31 bits per heavy atom. The molecule has 150 valence electrons. The monoisotopic (exact) mass is 394 g/mol. The van der Waals surface area contributed by atoms with Gasteiger partial charge in [0.15, 0.2) is 11.8 Å². The van der Waals surface area contributed by atoms with Crippen LogP contribution in [0.5, 0.6) is 5.75 Å². The Bertz CT molecular complexity index is 949. The average Bonchev–Trinajstić information content (AvgIpc) is 3.02. The van der Waals surface area contributed by atoms with Crippen molar-refractivity contribution in [3.05, 3.63) is 54.1 Å². The van der Waals surface area contributed by atoms with E-state index in [0.717, 1.165) is 23.7 Å². The van der Waals surface area contributed by atoms with Crippen LogP contribution in [0.15, 0.2) is 48.5 Å². The number of Topliss-reactive ketones (excluding diaryl/α,β-unsaturated/α-hetero) is 1. The maximum atomic E-state index is 13.0. The summed E-state index contributed by atoms with van der Waals surface area (Å²) in [6, 6.07) is 13.4. The number of imide groups is 1. The van der Waals surface area contributed by atoms with Crippen molar-refractivity contribution in [2.75, 3.05) is 36.0 Å². The van der Waals surface area contributed by atoms with Crippen LogP contribution in [-0.2, 0) is 9.59 Å². The Morgan fingerprint density at radius 2 is 1.69 bits per heavy atom. The number of hydrogen-bond donors (Lipinski definition) is 2. The summed E-state index contributed by atoms with van der Waals surface area (Å²) in [5, 5.41) is 10.1. The topological polar surface area (TPSA) is 82.4 Å². The van der Waals surface area contributed by atoms with Crippen LogP contribution in [0.4, 0.5) is 11.4 Å². The van der Waals surface area contributed by atoms with Gasteiger partial charge in [0.05, 0.1) is 44.0 Å². The zero-order valence-corrected chi connectivity index (χ0v) is 16.3. The lowest BCUT2D eigenvalue weighted by Crippen LogP contribution is -3.19. The molecule has 2 saturated heterocycles. The molecular weight excluding hydrogens is 370 g/mol. The number of rotatable bonds is 4. The van der Waals surface area contributed by atoms with E-state index in [1.165, 1.54) is 11.8 Å². The first kappa shape index (κ1) is 19.1. The molecule has 2 aliphatic rings. The number of quaternary nitrogens is 1. The zero-order valence-electron chi connectivity index (χ0n) is 16.3. The van der Waals surface area contributed by atoms with Crippen molar-refractivity contribution in [1.29, 1.82) is 0 Å². The normalized spacial score (nSPS) is 20.4. The fourth-order valence-electron chi connectivity index (χ4n) is 4.18. The average molecular weight is 394 g/mol. The van der Waals surface area contributed by atoms with E-state index < -0.39 is 0 Å². The summed E-state index contributed by atoms with van der Waals surface area (Å²) in [5.74, 6) is -0.189. The minimum absolute atomic E-state index is 0.0553. The number of benzene rings is 2. The lowest BCUT2D eigenvalue weighted by Gasteiger charge is -2.35. The molecular formula is C22H24N3O4+. The maximum absolute atomic E-state index is 13.0. The molecule has 7 nitrogen and oxygen atoms in total. The summed E-state index contributed by atoms with van der Waals surface area (Å²) in [7, 11) is 0. The number of phenolic OH excluding ortho intramolecular Hbond substituents is 1. The van der Waals surface area contributed by atoms with Gasteiger partial charge in [0.2, 0.25) is 5.91 Å². The van der Waals surface area contributed by atoms with E-state index in [9.17, 15) is 19.5 Å². The van der Waals surface area contributed by atoms with E-state index >= 15 is 0 Å². The second-order valence-corrected chi connectivity index (χ2v) is 7.56. The van der Waals surface area contributed by atoms with Crippen molar-refractivity contribution in [3.8, 4) is 5.75 Å². The number of phenols is 1. The van der Waals surface area contributed by atoms with Crippen molar-refractivity contribution in [2.45, 2.75) is 19.4 Å². The molecule has 0 saturated carbocycles.